The Morgan fingerprint density at radius 1 is 1.00 bits per heavy atom. The van der Waals surface area contributed by atoms with Gasteiger partial charge >= 0.3 is 6.03 Å². The number of nitrogens with zero attached hydrogens (tertiary/aromatic N) is 3. The number of aliphatic hydroxyl groups excluding tert-OH is 1. The van der Waals surface area contributed by atoms with Crippen LogP contribution < -0.4 is 10.6 Å². The molecule has 10 nitrogen and oxygen atoms in total. The van der Waals surface area contributed by atoms with Gasteiger partial charge in [-0.1, -0.05) is 42.5 Å². The Morgan fingerprint density at radius 3 is 2.26 bits per heavy atom. The van der Waals surface area contributed by atoms with E-state index in [0.29, 0.717) is 31.6 Å². The van der Waals surface area contributed by atoms with E-state index in [2.05, 4.69) is 10.6 Å². The fourth-order valence-electron chi connectivity index (χ4n) is 3.31. The fourth-order valence-corrected chi connectivity index (χ4v) is 3.31. The van der Waals surface area contributed by atoms with E-state index in [0.717, 1.165) is 5.56 Å². The van der Waals surface area contributed by atoms with Crippen molar-refractivity contribution in [3.63, 3.8) is 0 Å². The van der Waals surface area contributed by atoms with E-state index in [9.17, 15) is 24.8 Å². The first-order chi connectivity index (χ1) is 16.3. The van der Waals surface area contributed by atoms with E-state index in [1.54, 1.807) is 12.1 Å². The van der Waals surface area contributed by atoms with E-state index in [-0.39, 0.29) is 31.2 Å². The average Bonchev–Trinajstić information content (AvgIpc) is 2.82. The number of non-ortho nitro benzene ring substituents is 1. The zero-order valence-electron chi connectivity index (χ0n) is 19.6. The summed E-state index contributed by atoms with van der Waals surface area (Å²) in [6, 6.07) is 14.2. The molecule has 1 unspecified atom stereocenters. The predicted molar refractivity (Wildman–Crippen MR) is 129 cm³/mol. The summed E-state index contributed by atoms with van der Waals surface area (Å²) >= 11 is 0. The monoisotopic (exact) mass is 471 g/mol. The van der Waals surface area contributed by atoms with Gasteiger partial charge in [-0.05, 0) is 31.6 Å². The first-order valence-electron chi connectivity index (χ1n) is 11.2. The molecular weight excluding hydrogens is 438 g/mol. The number of hydrogen-bond acceptors (Lipinski definition) is 6. The quantitative estimate of drug-likeness (QED) is 0.300. The predicted octanol–water partition coefficient (Wildman–Crippen LogP) is 1.43. The summed E-state index contributed by atoms with van der Waals surface area (Å²) in [6.45, 7) is 1.35. The van der Waals surface area contributed by atoms with E-state index >= 15 is 0 Å². The van der Waals surface area contributed by atoms with Gasteiger partial charge in [0, 0.05) is 44.7 Å². The molecule has 0 heterocycles. The maximum absolute atomic E-state index is 13.0. The molecule has 0 aliphatic heterocycles. The van der Waals surface area contributed by atoms with Crippen molar-refractivity contribution in [1.29, 1.82) is 0 Å². The molecule has 0 bridgehead atoms. The molecule has 3 amide bonds. The molecule has 0 saturated heterocycles. The van der Waals surface area contributed by atoms with Gasteiger partial charge in [-0.3, -0.25) is 14.9 Å². The van der Waals surface area contributed by atoms with Crippen molar-refractivity contribution in [1.82, 2.24) is 20.4 Å². The second-order valence-corrected chi connectivity index (χ2v) is 8.17. The Balaban J connectivity index is 2.10. The van der Waals surface area contributed by atoms with Crippen molar-refractivity contribution in [2.75, 3.05) is 46.9 Å². The molecule has 0 aromatic heterocycles. The molecule has 2 aromatic rings. The lowest BCUT2D eigenvalue weighted by atomic mass is 10.0. The molecule has 0 radical (unpaired) electrons. The molecule has 34 heavy (non-hydrogen) atoms. The minimum Gasteiger partial charge on any atom is -0.395 e. The number of aliphatic hydroxyl groups is 1. The number of nitrogens with one attached hydrogen (secondary N) is 2. The number of amides is 3. The van der Waals surface area contributed by atoms with Gasteiger partial charge in [0.05, 0.1) is 11.5 Å². The summed E-state index contributed by atoms with van der Waals surface area (Å²) in [7, 11) is 3.78. The molecule has 0 saturated carbocycles. The molecule has 0 spiro atoms. The summed E-state index contributed by atoms with van der Waals surface area (Å²) in [5.74, 6) is -0.347. The summed E-state index contributed by atoms with van der Waals surface area (Å²) < 4.78 is 0. The second kappa shape index (κ2) is 13.9. The van der Waals surface area contributed by atoms with Crippen molar-refractivity contribution >= 4 is 17.6 Å². The Kier molecular flexibility index (Phi) is 10.9. The lowest BCUT2D eigenvalue weighted by Crippen LogP contribution is -2.53. The van der Waals surface area contributed by atoms with Crippen molar-refractivity contribution in [3.05, 3.63) is 75.8 Å². The van der Waals surface area contributed by atoms with Gasteiger partial charge in [-0.25, -0.2) is 4.79 Å². The minimum absolute atomic E-state index is 0.0465. The Morgan fingerprint density at radius 2 is 1.68 bits per heavy atom. The van der Waals surface area contributed by atoms with Crippen LogP contribution in [0.4, 0.5) is 10.5 Å². The zero-order valence-corrected chi connectivity index (χ0v) is 19.6. The van der Waals surface area contributed by atoms with Crippen LogP contribution in [0.2, 0.25) is 0 Å². The summed E-state index contributed by atoms with van der Waals surface area (Å²) in [4.78, 5) is 39.7. The summed E-state index contributed by atoms with van der Waals surface area (Å²) in [5.41, 5.74) is 1.69. The van der Waals surface area contributed by atoms with Crippen LogP contribution in [0, 0.1) is 10.1 Å². The third-order valence-corrected chi connectivity index (χ3v) is 5.23. The third-order valence-electron chi connectivity index (χ3n) is 5.23. The van der Waals surface area contributed by atoms with Gasteiger partial charge in [0.15, 0.2) is 0 Å². The molecule has 0 aliphatic rings. The van der Waals surface area contributed by atoms with Gasteiger partial charge in [-0.15, -0.1) is 0 Å². The number of likely N-dealkylation sites (N-methyl/N-ethyl adjacent to an activating group) is 1. The smallest absolute Gasteiger partial charge is 0.318 e. The molecule has 10 heteroatoms. The summed E-state index contributed by atoms with van der Waals surface area (Å²) in [5, 5.41) is 26.0. The first-order valence-corrected chi connectivity index (χ1v) is 11.2. The number of rotatable bonds is 13. The number of nitro benzene ring substituents is 1. The highest BCUT2D eigenvalue weighted by molar-refractivity contribution is 5.87. The SMILES string of the molecule is CN(C)CCNC(=O)C(Cc1ccc([N+](=O)[O-])cc1)NC(=O)N(CCO)CCc1ccccc1. The molecule has 0 aliphatic carbocycles. The normalized spacial score (nSPS) is 11.6. The molecule has 3 N–H and O–H groups in total. The molecule has 184 valence electrons. The highest BCUT2D eigenvalue weighted by atomic mass is 16.6. The van der Waals surface area contributed by atoms with E-state index in [1.165, 1.54) is 17.0 Å². The van der Waals surface area contributed by atoms with E-state index in [4.69, 9.17) is 0 Å². The van der Waals surface area contributed by atoms with Crippen LogP contribution in [0.5, 0.6) is 0 Å². The van der Waals surface area contributed by atoms with Gasteiger partial charge in [-0.2, -0.15) is 0 Å². The van der Waals surface area contributed by atoms with Crippen LogP contribution >= 0.6 is 0 Å². The number of nitro groups is 1. The van der Waals surface area contributed by atoms with Crippen LogP contribution in [0.15, 0.2) is 54.6 Å². The third kappa shape index (κ3) is 9.16. The van der Waals surface area contributed by atoms with Gasteiger partial charge in [0.2, 0.25) is 5.91 Å². The van der Waals surface area contributed by atoms with Gasteiger partial charge in [0.1, 0.15) is 6.04 Å². The van der Waals surface area contributed by atoms with Crippen molar-refractivity contribution in [3.8, 4) is 0 Å². The van der Waals surface area contributed by atoms with Crippen molar-refractivity contribution in [2.24, 2.45) is 0 Å². The second-order valence-electron chi connectivity index (χ2n) is 8.17. The molecule has 2 rings (SSSR count). The fraction of sp³-hybridized carbons (Fsp3) is 0.417. The maximum Gasteiger partial charge on any atom is 0.318 e. The van der Waals surface area contributed by atoms with Crippen LogP contribution in [0.1, 0.15) is 11.1 Å². The minimum atomic E-state index is -0.881. The number of benzene rings is 2. The highest BCUT2D eigenvalue weighted by Crippen LogP contribution is 2.13. The van der Waals surface area contributed by atoms with E-state index < -0.39 is 17.0 Å². The summed E-state index contributed by atoms with van der Waals surface area (Å²) in [6.07, 6.45) is 0.777. The number of carbonyl (C=O) groups excluding carboxylic acids is 2. The van der Waals surface area contributed by atoms with Crippen LogP contribution in [-0.4, -0.2) is 84.7 Å². The largest absolute Gasteiger partial charge is 0.395 e. The van der Waals surface area contributed by atoms with Gasteiger partial charge in [0.25, 0.3) is 5.69 Å². The average molecular weight is 472 g/mol. The molecular formula is C24H33N5O5. The van der Waals surface area contributed by atoms with E-state index in [1.807, 2.05) is 49.3 Å². The number of carbonyl (C=O) groups is 2. The Labute approximate surface area is 199 Å². The zero-order chi connectivity index (χ0) is 24.9. The van der Waals surface area contributed by atoms with Crippen LogP contribution in [-0.2, 0) is 17.6 Å². The Hall–Kier alpha value is -3.50. The molecule has 0 fully saturated rings. The standard InChI is InChI=1S/C24H33N5O5/c1-27(2)15-13-25-23(31)22(18-20-8-10-21(11-9-20)29(33)34)26-24(32)28(16-17-30)14-12-19-6-4-3-5-7-19/h3-11,22,30H,12-18H2,1-2H3,(H,25,31)(H,26,32). The maximum atomic E-state index is 13.0. The lowest BCUT2D eigenvalue weighted by Gasteiger charge is -2.26. The number of hydrogen-bond donors (Lipinski definition) is 3. The topological polar surface area (TPSA) is 128 Å². The highest BCUT2D eigenvalue weighted by Gasteiger charge is 2.24. The lowest BCUT2D eigenvalue weighted by molar-refractivity contribution is -0.384. The van der Waals surface area contributed by atoms with Crippen molar-refractivity contribution in [2.45, 2.75) is 18.9 Å². The van der Waals surface area contributed by atoms with Gasteiger partial charge < -0.3 is 25.5 Å². The van der Waals surface area contributed by atoms with Crippen LogP contribution in [0.25, 0.3) is 0 Å². The van der Waals surface area contributed by atoms with Crippen LogP contribution in [0.3, 0.4) is 0 Å². The first kappa shape index (κ1) is 26.7. The molecule has 2 aromatic carbocycles. The Bertz CT molecular complexity index is 921. The van der Waals surface area contributed by atoms with Crippen molar-refractivity contribution < 1.29 is 19.6 Å². The molecule has 1 atom stereocenters. The number of urea groups is 1.